The first-order valence-corrected chi connectivity index (χ1v) is 6.38. The van der Waals surface area contributed by atoms with Crippen LogP contribution in [0.3, 0.4) is 0 Å². The normalized spacial score (nSPS) is 10.5. The van der Waals surface area contributed by atoms with Crippen LogP contribution in [-0.4, -0.2) is 13.7 Å². The molecule has 0 radical (unpaired) electrons. The summed E-state index contributed by atoms with van der Waals surface area (Å²) in [5.41, 5.74) is 2.95. The standard InChI is InChI=1S/C16H18FNO/c1-3-18-11-13-7-8-14(17)10-16(13)12-5-4-6-15(9-12)19-2/h4-10,18H,3,11H2,1-2H3. The lowest BCUT2D eigenvalue weighted by molar-refractivity contribution is 0.415. The molecule has 0 aromatic heterocycles. The summed E-state index contributed by atoms with van der Waals surface area (Å²) in [6.45, 7) is 3.66. The van der Waals surface area contributed by atoms with Crippen molar-refractivity contribution in [2.45, 2.75) is 13.5 Å². The number of halogens is 1. The smallest absolute Gasteiger partial charge is 0.123 e. The molecule has 1 N–H and O–H groups in total. The Morgan fingerprint density at radius 2 is 2.00 bits per heavy atom. The molecule has 3 heteroatoms. The number of nitrogens with one attached hydrogen (secondary N) is 1. The van der Waals surface area contributed by atoms with Gasteiger partial charge >= 0.3 is 0 Å². The third-order valence-electron chi connectivity index (χ3n) is 3.02. The molecule has 2 rings (SSSR count). The second-order valence-corrected chi connectivity index (χ2v) is 4.31. The Hall–Kier alpha value is -1.87. The van der Waals surface area contributed by atoms with Gasteiger partial charge in [0.25, 0.3) is 0 Å². The van der Waals surface area contributed by atoms with Crippen LogP contribution in [0.4, 0.5) is 4.39 Å². The third-order valence-corrected chi connectivity index (χ3v) is 3.02. The fourth-order valence-corrected chi connectivity index (χ4v) is 2.02. The van der Waals surface area contributed by atoms with E-state index in [0.717, 1.165) is 35.5 Å². The van der Waals surface area contributed by atoms with E-state index < -0.39 is 0 Å². The second-order valence-electron chi connectivity index (χ2n) is 4.31. The van der Waals surface area contributed by atoms with Gasteiger partial charge < -0.3 is 10.1 Å². The van der Waals surface area contributed by atoms with Gasteiger partial charge in [0, 0.05) is 6.54 Å². The topological polar surface area (TPSA) is 21.3 Å². The van der Waals surface area contributed by atoms with E-state index in [1.165, 1.54) is 6.07 Å². The molecule has 2 nitrogen and oxygen atoms in total. The molecule has 2 aromatic carbocycles. The van der Waals surface area contributed by atoms with E-state index in [1.807, 2.05) is 30.3 Å². The van der Waals surface area contributed by atoms with Crippen LogP contribution in [0.25, 0.3) is 11.1 Å². The van der Waals surface area contributed by atoms with Crippen molar-refractivity contribution in [2.75, 3.05) is 13.7 Å². The van der Waals surface area contributed by atoms with Gasteiger partial charge in [0.1, 0.15) is 11.6 Å². The Morgan fingerprint density at radius 1 is 1.16 bits per heavy atom. The number of hydrogen-bond donors (Lipinski definition) is 1. The molecule has 0 aliphatic rings. The Bertz CT molecular complexity index is 554. The Kier molecular flexibility index (Phi) is 4.53. The largest absolute Gasteiger partial charge is 0.497 e. The maximum absolute atomic E-state index is 13.5. The zero-order chi connectivity index (χ0) is 13.7. The Balaban J connectivity index is 2.43. The lowest BCUT2D eigenvalue weighted by Crippen LogP contribution is -2.12. The molecule has 0 aliphatic heterocycles. The summed E-state index contributed by atoms with van der Waals surface area (Å²) in [6, 6.07) is 12.6. The van der Waals surface area contributed by atoms with Crippen LogP contribution >= 0.6 is 0 Å². The first-order valence-electron chi connectivity index (χ1n) is 6.38. The van der Waals surface area contributed by atoms with Gasteiger partial charge in [-0.2, -0.15) is 0 Å². The molecule has 0 spiro atoms. The summed E-state index contributed by atoms with van der Waals surface area (Å²) in [7, 11) is 1.63. The van der Waals surface area contributed by atoms with Crippen molar-refractivity contribution in [3.63, 3.8) is 0 Å². The van der Waals surface area contributed by atoms with E-state index in [2.05, 4.69) is 12.2 Å². The van der Waals surface area contributed by atoms with E-state index in [4.69, 9.17) is 4.74 Å². The van der Waals surface area contributed by atoms with Crippen molar-refractivity contribution in [2.24, 2.45) is 0 Å². The maximum atomic E-state index is 13.5. The lowest BCUT2D eigenvalue weighted by Gasteiger charge is -2.11. The predicted molar refractivity (Wildman–Crippen MR) is 75.8 cm³/mol. The highest BCUT2D eigenvalue weighted by atomic mass is 19.1. The molecule has 0 saturated heterocycles. The summed E-state index contributed by atoms with van der Waals surface area (Å²) >= 11 is 0. The van der Waals surface area contributed by atoms with Crippen molar-refractivity contribution < 1.29 is 9.13 Å². The van der Waals surface area contributed by atoms with Crippen molar-refractivity contribution in [3.8, 4) is 16.9 Å². The zero-order valence-electron chi connectivity index (χ0n) is 11.2. The number of hydrogen-bond acceptors (Lipinski definition) is 2. The Morgan fingerprint density at radius 3 is 2.74 bits per heavy atom. The third kappa shape index (κ3) is 3.32. The zero-order valence-corrected chi connectivity index (χ0v) is 11.2. The van der Waals surface area contributed by atoms with Gasteiger partial charge in [-0.3, -0.25) is 0 Å². The van der Waals surface area contributed by atoms with Crippen molar-refractivity contribution in [1.29, 1.82) is 0 Å². The predicted octanol–water partition coefficient (Wildman–Crippen LogP) is 3.61. The van der Waals surface area contributed by atoms with Gasteiger partial charge in [0.2, 0.25) is 0 Å². The van der Waals surface area contributed by atoms with E-state index in [9.17, 15) is 4.39 Å². The molecule has 0 aliphatic carbocycles. The van der Waals surface area contributed by atoms with Crippen molar-refractivity contribution >= 4 is 0 Å². The van der Waals surface area contributed by atoms with E-state index in [1.54, 1.807) is 13.2 Å². The van der Waals surface area contributed by atoms with E-state index in [-0.39, 0.29) is 5.82 Å². The highest BCUT2D eigenvalue weighted by Gasteiger charge is 2.07. The number of ether oxygens (including phenoxy) is 1. The van der Waals surface area contributed by atoms with Crippen LogP contribution < -0.4 is 10.1 Å². The average molecular weight is 259 g/mol. The summed E-state index contributed by atoms with van der Waals surface area (Å²) in [4.78, 5) is 0. The highest BCUT2D eigenvalue weighted by Crippen LogP contribution is 2.27. The van der Waals surface area contributed by atoms with Gasteiger partial charge in [-0.25, -0.2) is 4.39 Å². The van der Waals surface area contributed by atoms with Crippen molar-refractivity contribution in [3.05, 3.63) is 53.8 Å². The average Bonchev–Trinajstić information content (AvgIpc) is 2.46. The number of methoxy groups -OCH3 is 1. The molecule has 0 atom stereocenters. The van der Waals surface area contributed by atoms with Crippen LogP contribution in [0.2, 0.25) is 0 Å². The fourth-order valence-electron chi connectivity index (χ4n) is 2.02. The molecule has 0 unspecified atom stereocenters. The lowest BCUT2D eigenvalue weighted by atomic mass is 9.99. The number of rotatable bonds is 5. The van der Waals surface area contributed by atoms with E-state index >= 15 is 0 Å². The van der Waals surface area contributed by atoms with Crippen LogP contribution in [0.5, 0.6) is 5.75 Å². The first-order chi connectivity index (χ1) is 9.24. The van der Waals surface area contributed by atoms with Gasteiger partial charge in [0.05, 0.1) is 7.11 Å². The quantitative estimate of drug-likeness (QED) is 0.885. The summed E-state index contributed by atoms with van der Waals surface area (Å²) in [5, 5.41) is 3.27. The highest BCUT2D eigenvalue weighted by molar-refractivity contribution is 5.68. The SMILES string of the molecule is CCNCc1ccc(F)cc1-c1cccc(OC)c1. The minimum Gasteiger partial charge on any atom is -0.497 e. The molecule has 19 heavy (non-hydrogen) atoms. The summed E-state index contributed by atoms with van der Waals surface area (Å²) in [6.07, 6.45) is 0. The fraction of sp³-hybridized carbons (Fsp3) is 0.250. The molecule has 0 saturated carbocycles. The molecular weight excluding hydrogens is 241 g/mol. The van der Waals surface area contributed by atoms with Gasteiger partial charge in [-0.15, -0.1) is 0 Å². The van der Waals surface area contributed by atoms with E-state index in [0.29, 0.717) is 0 Å². The molecule has 2 aromatic rings. The maximum Gasteiger partial charge on any atom is 0.123 e. The summed E-state index contributed by atoms with van der Waals surface area (Å²) < 4.78 is 18.7. The monoisotopic (exact) mass is 259 g/mol. The molecule has 0 amide bonds. The van der Waals surface area contributed by atoms with Crippen molar-refractivity contribution in [1.82, 2.24) is 5.32 Å². The molecule has 0 fully saturated rings. The van der Waals surface area contributed by atoms with Gasteiger partial charge in [-0.05, 0) is 47.5 Å². The first kappa shape index (κ1) is 13.6. The number of benzene rings is 2. The van der Waals surface area contributed by atoms with Gasteiger partial charge in [-0.1, -0.05) is 25.1 Å². The minimum atomic E-state index is -0.224. The van der Waals surface area contributed by atoms with Crippen LogP contribution in [0.1, 0.15) is 12.5 Å². The van der Waals surface area contributed by atoms with Crippen LogP contribution in [-0.2, 0) is 6.54 Å². The minimum absolute atomic E-state index is 0.224. The van der Waals surface area contributed by atoms with Crippen LogP contribution in [0, 0.1) is 5.82 Å². The molecule has 100 valence electrons. The van der Waals surface area contributed by atoms with Gasteiger partial charge in [0.15, 0.2) is 0 Å². The Labute approximate surface area is 113 Å². The molecule has 0 bridgehead atoms. The van der Waals surface area contributed by atoms with Crippen LogP contribution in [0.15, 0.2) is 42.5 Å². The second kappa shape index (κ2) is 6.34. The molecular formula is C16H18FNO. The summed E-state index contributed by atoms with van der Waals surface area (Å²) in [5.74, 6) is 0.550. The molecule has 0 heterocycles.